The summed E-state index contributed by atoms with van der Waals surface area (Å²) in [5.41, 5.74) is 5.31. The molecule has 0 amide bonds. The summed E-state index contributed by atoms with van der Waals surface area (Å²) in [6.07, 6.45) is 36.0. The van der Waals surface area contributed by atoms with Crippen LogP contribution in [0, 0.1) is 0 Å². The Morgan fingerprint density at radius 2 is 1.14 bits per heavy atom. The largest absolute Gasteiger partial charge is 0.480 e. The maximum atomic E-state index is 12.6. The van der Waals surface area contributed by atoms with Gasteiger partial charge < -0.3 is 35.4 Å². The topological polar surface area (TPSA) is 212 Å². The molecule has 58 heavy (non-hydrogen) atoms. The highest BCUT2D eigenvalue weighted by Gasteiger charge is 2.28. The van der Waals surface area contributed by atoms with E-state index in [2.05, 4.69) is 60.9 Å². The summed E-state index contributed by atoms with van der Waals surface area (Å²) in [4.78, 5) is 46.0. The first-order chi connectivity index (χ1) is 27.9. The molecular formula is C44H76NO12P. The van der Waals surface area contributed by atoms with Crippen molar-refractivity contribution in [3.8, 4) is 0 Å². The van der Waals surface area contributed by atoms with Gasteiger partial charge in [0.15, 0.2) is 6.10 Å². The molecule has 14 heteroatoms. The van der Waals surface area contributed by atoms with Crippen molar-refractivity contribution in [3.05, 3.63) is 60.8 Å². The van der Waals surface area contributed by atoms with Crippen molar-refractivity contribution in [2.24, 2.45) is 5.73 Å². The number of nitrogens with two attached hydrogens (primary N) is 1. The Labute approximate surface area is 348 Å². The molecule has 0 radical (unpaired) electrons. The summed E-state index contributed by atoms with van der Waals surface area (Å²) in [6.45, 7) is 2.36. The van der Waals surface area contributed by atoms with E-state index in [1.807, 2.05) is 12.2 Å². The predicted octanol–water partition coefficient (Wildman–Crippen LogP) is 9.11. The fourth-order valence-corrected chi connectivity index (χ4v) is 6.22. The molecule has 0 aromatic heterocycles. The fraction of sp³-hybridized carbons (Fsp3) is 0.705. The number of allylic oxidation sites excluding steroid dienone is 9. The average Bonchev–Trinajstić information content (AvgIpc) is 3.19. The number of hydrogen-bond acceptors (Lipinski definition) is 11. The number of carbonyl (C=O) groups is 3. The molecule has 0 aliphatic carbocycles. The number of carboxylic acid groups (broad SMARTS) is 1. The molecule has 0 saturated heterocycles. The number of aliphatic hydroxyl groups excluding tert-OH is 2. The van der Waals surface area contributed by atoms with Crippen molar-refractivity contribution in [2.45, 2.75) is 179 Å². The van der Waals surface area contributed by atoms with Gasteiger partial charge in [0.25, 0.3) is 0 Å². The van der Waals surface area contributed by atoms with Gasteiger partial charge in [0.05, 0.1) is 25.4 Å². The van der Waals surface area contributed by atoms with Crippen molar-refractivity contribution >= 4 is 25.7 Å². The highest BCUT2D eigenvalue weighted by atomic mass is 31.2. The Morgan fingerprint density at radius 1 is 0.621 bits per heavy atom. The molecule has 0 fully saturated rings. The third-order valence-corrected chi connectivity index (χ3v) is 9.90. The molecule has 0 rings (SSSR count). The summed E-state index contributed by atoms with van der Waals surface area (Å²) in [5, 5.41) is 29.5. The predicted molar refractivity (Wildman–Crippen MR) is 229 cm³/mol. The van der Waals surface area contributed by atoms with Crippen molar-refractivity contribution in [1.29, 1.82) is 0 Å². The van der Waals surface area contributed by atoms with Crippen LogP contribution in [-0.2, 0) is 37.5 Å². The van der Waals surface area contributed by atoms with Crippen LogP contribution >= 0.6 is 7.82 Å². The molecular weight excluding hydrogens is 765 g/mol. The van der Waals surface area contributed by atoms with E-state index in [1.165, 1.54) is 38.5 Å². The van der Waals surface area contributed by atoms with Gasteiger partial charge in [-0.2, -0.15) is 0 Å². The number of unbranched alkanes of at least 4 members (excludes halogenated alkanes) is 11. The number of ether oxygens (including phenoxy) is 2. The highest BCUT2D eigenvalue weighted by molar-refractivity contribution is 7.47. The number of phosphoric acid groups is 1. The number of rotatable bonds is 39. The van der Waals surface area contributed by atoms with Gasteiger partial charge in [-0.3, -0.25) is 23.4 Å². The van der Waals surface area contributed by atoms with Crippen LogP contribution in [0.2, 0.25) is 0 Å². The van der Waals surface area contributed by atoms with Gasteiger partial charge in [-0.05, 0) is 77.0 Å². The van der Waals surface area contributed by atoms with Gasteiger partial charge in [-0.1, -0.05) is 126 Å². The van der Waals surface area contributed by atoms with E-state index in [9.17, 15) is 34.1 Å². The molecule has 334 valence electrons. The van der Waals surface area contributed by atoms with Crippen molar-refractivity contribution < 1.29 is 57.7 Å². The lowest BCUT2D eigenvalue weighted by Crippen LogP contribution is -2.34. The van der Waals surface area contributed by atoms with Crippen molar-refractivity contribution in [2.75, 3.05) is 19.8 Å². The zero-order valence-corrected chi connectivity index (χ0v) is 36.2. The van der Waals surface area contributed by atoms with E-state index in [-0.39, 0.29) is 32.1 Å². The summed E-state index contributed by atoms with van der Waals surface area (Å²) >= 11 is 0. The summed E-state index contributed by atoms with van der Waals surface area (Å²) in [7, 11) is -4.79. The van der Waals surface area contributed by atoms with Crippen LogP contribution in [0.25, 0.3) is 0 Å². The number of carbonyl (C=O) groups excluding carboxylic acids is 2. The number of aliphatic hydroxyl groups is 2. The molecule has 6 N–H and O–H groups in total. The number of aliphatic carboxylic acids is 1. The first-order valence-electron chi connectivity index (χ1n) is 21.5. The first-order valence-corrected chi connectivity index (χ1v) is 23.0. The molecule has 0 spiro atoms. The van der Waals surface area contributed by atoms with Crippen molar-refractivity contribution in [1.82, 2.24) is 0 Å². The Morgan fingerprint density at radius 3 is 1.72 bits per heavy atom. The van der Waals surface area contributed by atoms with Crippen LogP contribution in [0.15, 0.2) is 60.8 Å². The van der Waals surface area contributed by atoms with E-state index in [0.29, 0.717) is 12.8 Å². The second kappa shape index (κ2) is 38.3. The molecule has 1 unspecified atom stereocenters. The number of phosphoric ester groups is 1. The average molecular weight is 842 g/mol. The normalized spacial score (nSPS) is 15.4. The smallest absolute Gasteiger partial charge is 0.472 e. The van der Waals surface area contributed by atoms with Crippen LogP contribution < -0.4 is 5.73 Å². The van der Waals surface area contributed by atoms with Crippen LogP contribution in [0.5, 0.6) is 0 Å². The summed E-state index contributed by atoms with van der Waals surface area (Å²) < 4.78 is 32.5. The summed E-state index contributed by atoms with van der Waals surface area (Å²) in [6, 6.07) is -1.56. The van der Waals surface area contributed by atoms with Gasteiger partial charge in [-0.15, -0.1) is 0 Å². The third-order valence-electron chi connectivity index (χ3n) is 8.95. The Hall–Kier alpha value is -2.90. The van der Waals surface area contributed by atoms with Crippen molar-refractivity contribution in [3.63, 3.8) is 0 Å². The zero-order chi connectivity index (χ0) is 43.1. The van der Waals surface area contributed by atoms with Crippen LogP contribution in [-0.4, -0.2) is 82.3 Å². The van der Waals surface area contributed by atoms with Gasteiger partial charge >= 0.3 is 25.7 Å². The standard InChI is InChI=1S/C44H76NO12P/c1-3-5-7-9-11-13-15-17-18-19-21-23-25-27-29-33-43(49)57-38(36-55-58(52,53)56-37-39(45)44(50)51)35-54-42(48)34-30-32-41(47)40(46)31-28-26-24-22-20-16-14-12-10-8-6-4-2/h6,8,12-15,20,22,26,28,38-41,46-47H,3-5,7,9-11,16-19,21,23-25,27,29-37,45H2,1-2H3,(H,50,51)(H,52,53)/b8-6-,14-12-,15-13-,22-20-,28-26-/t38-,39+,40+,41+/m1/s1. The third kappa shape index (κ3) is 36.2. The van der Waals surface area contributed by atoms with E-state index in [0.717, 1.165) is 57.8 Å². The van der Waals surface area contributed by atoms with Gasteiger partial charge in [-0.25, -0.2) is 4.57 Å². The van der Waals surface area contributed by atoms with Crippen LogP contribution in [0.4, 0.5) is 0 Å². The zero-order valence-electron chi connectivity index (χ0n) is 35.3. The molecule has 5 atom stereocenters. The van der Waals surface area contributed by atoms with Gasteiger partial charge in [0.1, 0.15) is 12.6 Å². The SMILES string of the molecule is CC/C=C\C/C=C\C/C=C\C/C=C\C[C@H](O)[C@@H](O)CCCC(=O)OC[C@H](COP(=O)(O)OC[C@H](N)C(=O)O)OC(=O)CCCCCCCCC/C=C\CCCCCC. The van der Waals surface area contributed by atoms with E-state index in [4.69, 9.17) is 24.8 Å². The lowest BCUT2D eigenvalue weighted by atomic mass is 10.0. The molecule has 0 aliphatic rings. The molecule has 0 saturated carbocycles. The Bertz CT molecular complexity index is 1250. The van der Waals surface area contributed by atoms with E-state index >= 15 is 0 Å². The Balaban J connectivity index is 4.63. The molecule has 0 heterocycles. The summed E-state index contributed by atoms with van der Waals surface area (Å²) in [5.74, 6) is -2.71. The molecule has 0 bridgehead atoms. The Kier molecular flexibility index (Phi) is 36.4. The maximum absolute atomic E-state index is 12.6. The number of hydrogen-bond donors (Lipinski definition) is 5. The minimum absolute atomic E-state index is 0.0926. The monoisotopic (exact) mass is 842 g/mol. The molecule has 0 aromatic carbocycles. The second-order valence-electron chi connectivity index (χ2n) is 14.4. The van der Waals surface area contributed by atoms with Crippen LogP contribution in [0.3, 0.4) is 0 Å². The second-order valence-corrected chi connectivity index (χ2v) is 15.9. The van der Waals surface area contributed by atoms with Gasteiger partial charge in [0.2, 0.25) is 0 Å². The van der Waals surface area contributed by atoms with Crippen LogP contribution in [0.1, 0.15) is 155 Å². The van der Waals surface area contributed by atoms with Gasteiger partial charge in [0, 0.05) is 12.8 Å². The number of carboxylic acids is 1. The minimum atomic E-state index is -4.79. The highest BCUT2D eigenvalue weighted by Crippen LogP contribution is 2.43. The molecule has 0 aromatic rings. The van der Waals surface area contributed by atoms with E-state index in [1.54, 1.807) is 6.08 Å². The van der Waals surface area contributed by atoms with E-state index < -0.39 is 69.9 Å². The molecule has 0 aliphatic heterocycles. The fourth-order valence-electron chi connectivity index (χ4n) is 5.44. The minimum Gasteiger partial charge on any atom is -0.480 e. The number of esters is 2. The lowest BCUT2D eigenvalue weighted by molar-refractivity contribution is -0.161. The first kappa shape index (κ1) is 55.1. The molecule has 13 nitrogen and oxygen atoms in total. The lowest BCUT2D eigenvalue weighted by Gasteiger charge is -2.20. The maximum Gasteiger partial charge on any atom is 0.472 e. The quantitative estimate of drug-likeness (QED) is 0.0169.